The van der Waals surface area contributed by atoms with E-state index in [4.69, 9.17) is 9.47 Å². The summed E-state index contributed by atoms with van der Waals surface area (Å²) in [6, 6.07) is 2.82. The van der Waals surface area contributed by atoms with E-state index in [1.807, 2.05) is 0 Å². The number of benzene rings is 1. The summed E-state index contributed by atoms with van der Waals surface area (Å²) in [4.78, 5) is 24.0. The number of carbonyl (C=O) groups is 1. The van der Waals surface area contributed by atoms with Crippen molar-refractivity contribution in [2.45, 2.75) is 12.2 Å². The number of amides is 1. The van der Waals surface area contributed by atoms with Crippen molar-refractivity contribution >= 4 is 11.6 Å². The summed E-state index contributed by atoms with van der Waals surface area (Å²) in [6.45, 7) is 0.475. The summed E-state index contributed by atoms with van der Waals surface area (Å²) in [7, 11) is 2.99. The van der Waals surface area contributed by atoms with Crippen molar-refractivity contribution in [1.29, 1.82) is 0 Å². The number of hydrogen-bond acceptors (Lipinski definition) is 5. The number of carbonyl (C=O) groups excluding carboxylic acids is 1. The fourth-order valence-electron chi connectivity index (χ4n) is 2.37. The molecule has 7 nitrogen and oxygen atoms in total. The second kappa shape index (κ2) is 6.15. The molecule has 1 saturated heterocycles. The third-order valence-corrected chi connectivity index (χ3v) is 3.49. The minimum atomic E-state index is -0.704. The highest BCUT2D eigenvalue weighted by Crippen LogP contribution is 2.24. The highest BCUT2D eigenvalue weighted by molar-refractivity contribution is 5.98. The Hall–Kier alpha value is -2.06. The van der Waals surface area contributed by atoms with E-state index >= 15 is 0 Å². The van der Waals surface area contributed by atoms with Crippen molar-refractivity contribution in [3.63, 3.8) is 0 Å². The molecule has 0 bridgehead atoms. The molecule has 0 saturated carbocycles. The second-order valence-corrected chi connectivity index (χ2v) is 4.68. The van der Waals surface area contributed by atoms with Gasteiger partial charge in [0.05, 0.1) is 4.92 Å². The first kappa shape index (κ1) is 15.3. The Balaban J connectivity index is 2.29. The normalized spacial score (nSPS) is 21.6. The second-order valence-electron chi connectivity index (χ2n) is 4.68. The molecule has 1 aromatic carbocycles. The van der Waals surface area contributed by atoms with Crippen LogP contribution in [0.2, 0.25) is 0 Å². The van der Waals surface area contributed by atoms with Crippen LogP contribution in [-0.4, -0.2) is 55.2 Å². The van der Waals surface area contributed by atoms with Gasteiger partial charge in [0.1, 0.15) is 23.6 Å². The monoisotopic (exact) mass is 298 g/mol. The molecule has 8 heteroatoms. The molecule has 1 aromatic rings. The number of likely N-dealkylation sites (tertiary alicyclic amines) is 1. The summed E-state index contributed by atoms with van der Waals surface area (Å²) >= 11 is 0. The average molecular weight is 298 g/mol. The van der Waals surface area contributed by atoms with E-state index in [0.717, 1.165) is 18.2 Å². The Labute approximate surface area is 120 Å². The Morgan fingerprint density at radius 2 is 1.90 bits per heavy atom. The molecule has 0 spiro atoms. The van der Waals surface area contributed by atoms with Crippen molar-refractivity contribution < 1.29 is 23.6 Å². The quantitative estimate of drug-likeness (QED) is 0.616. The molecule has 0 aromatic heterocycles. The van der Waals surface area contributed by atoms with Gasteiger partial charge in [0.2, 0.25) is 0 Å². The molecule has 0 aliphatic carbocycles. The molecule has 1 aliphatic heterocycles. The Kier molecular flexibility index (Phi) is 4.49. The number of nitro groups is 1. The number of nitrogens with zero attached hydrogens (tertiary/aromatic N) is 2. The Morgan fingerprint density at radius 1 is 1.33 bits per heavy atom. The van der Waals surface area contributed by atoms with E-state index in [1.54, 1.807) is 0 Å². The Bertz CT molecular complexity index is 553. The molecule has 0 N–H and O–H groups in total. The maximum Gasteiger partial charge on any atom is 0.282 e. The lowest BCUT2D eigenvalue weighted by atomic mass is 10.1. The zero-order valence-corrected chi connectivity index (χ0v) is 11.6. The third kappa shape index (κ3) is 3.01. The van der Waals surface area contributed by atoms with Crippen LogP contribution in [0.1, 0.15) is 10.4 Å². The summed E-state index contributed by atoms with van der Waals surface area (Å²) in [5.74, 6) is -1.31. The Morgan fingerprint density at radius 3 is 2.38 bits per heavy atom. The first-order valence-corrected chi connectivity index (χ1v) is 6.26. The minimum absolute atomic E-state index is 0.238. The van der Waals surface area contributed by atoms with Gasteiger partial charge in [0.15, 0.2) is 0 Å². The SMILES string of the molecule is COC1CN(C(=O)c2cc(F)ccc2[N+](=O)[O-])CC1OC. The van der Waals surface area contributed by atoms with Gasteiger partial charge in [-0.05, 0) is 12.1 Å². The number of ether oxygens (including phenoxy) is 2. The lowest BCUT2D eigenvalue weighted by Gasteiger charge is -2.15. The standard InChI is InChI=1S/C13H15FN2O5/c1-20-11-6-15(7-12(11)21-2)13(17)9-5-8(14)3-4-10(9)16(18)19/h3-5,11-12H,6-7H2,1-2H3. The van der Waals surface area contributed by atoms with E-state index < -0.39 is 22.3 Å². The van der Waals surface area contributed by atoms with Crippen molar-refractivity contribution in [3.05, 3.63) is 39.7 Å². The molecule has 1 heterocycles. The van der Waals surface area contributed by atoms with Crippen molar-refractivity contribution in [3.8, 4) is 0 Å². The molecule has 1 aliphatic rings. The number of rotatable bonds is 4. The highest BCUT2D eigenvalue weighted by Gasteiger charge is 2.37. The molecular formula is C13H15FN2O5. The van der Waals surface area contributed by atoms with Gasteiger partial charge in [-0.2, -0.15) is 0 Å². The number of hydrogen-bond donors (Lipinski definition) is 0. The predicted octanol–water partition coefficient (Wildman–Crippen LogP) is 1.22. The van der Waals surface area contributed by atoms with Crippen LogP contribution in [0, 0.1) is 15.9 Å². The minimum Gasteiger partial charge on any atom is -0.377 e. The van der Waals surface area contributed by atoms with Crippen LogP contribution in [0.3, 0.4) is 0 Å². The van der Waals surface area contributed by atoms with Crippen LogP contribution in [0.15, 0.2) is 18.2 Å². The first-order chi connectivity index (χ1) is 9.97. The van der Waals surface area contributed by atoms with Crippen LogP contribution in [0.4, 0.5) is 10.1 Å². The van der Waals surface area contributed by atoms with Crippen molar-refractivity contribution in [2.24, 2.45) is 0 Å². The fraction of sp³-hybridized carbons (Fsp3) is 0.462. The average Bonchev–Trinajstić information content (AvgIpc) is 2.89. The van der Waals surface area contributed by atoms with Gasteiger partial charge < -0.3 is 14.4 Å². The van der Waals surface area contributed by atoms with E-state index in [-0.39, 0.29) is 30.9 Å². The van der Waals surface area contributed by atoms with E-state index in [2.05, 4.69) is 0 Å². The largest absolute Gasteiger partial charge is 0.377 e. The summed E-state index contributed by atoms with van der Waals surface area (Å²) < 4.78 is 23.7. The molecule has 1 amide bonds. The molecular weight excluding hydrogens is 283 g/mol. The smallest absolute Gasteiger partial charge is 0.282 e. The fourth-order valence-corrected chi connectivity index (χ4v) is 2.37. The van der Waals surface area contributed by atoms with Gasteiger partial charge >= 0.3 is 0 Å². The van der Waals surface area contributed by atoms with Crippen molar-refractivity contribution in [1.82, 2.24) is 4.90 Å². The molecule has 2 unspecified atom stereocenters. The maximum atomic E-state index is 13.3. The zero-order chi connectivity index (χ0) is 15.6. The van der Waals surface area contributed by atoms with Crippen LogP contribution in [-0.2, 0) is 9.47 Å². The van der Waals surface area contributed by atoms with E-state index in [9.17, 15) is 19.3 Å². The summed E-state index contributed by atoms with van der Waals surface area (Å²) in [5.41, 5.74) is -0.692. The van der Waals surface area contributed by atoms with Gasteiger partial charge in [-0.15, -0.1) is 0 Å². The highest BCUT2D eigenvalue weighted by atomic mass is 19.1. The molecule has 0 radical (unpaired) electrons. The maximum absolute atomic E-state index is 13.3. The van der Waals surface area contributed by atoms with Gasteiger partial charge in [-0.3, -0.25) is 14.9 Å². The van der Waals surface area contributed by atoms with E-state index in [1.165, 1.54) is 19.1 Å². The zero-order valence-electron chi connectivity index (χ0n) is 11.6. The lowest BCUT2D eigenvalue weighted by molar-refractivity contribution is -0.385. The third-order valence-electron chi connectivity index (χ3n) is 3.49. The van der Waals surface area contributed by atoms with Gasteiger partial charge in [0, 0.05) is 33.4 Å². The molecule has 2 rings (SSSR count). The number of methoxy groups -OCH3 is 2. The molecule has 1 fully saturated rings. The molecule has 2 atom stereocenters. The number of halogens is 1. The molecule has 21 heavy (non-hydrogen) atoms. The first-order valence-electron chi connectivity index (χ1n) is 6.26. The lowest BCUT2D eigenvalue weighted by Crippen LogP contribution is -2.30. The predicted molar refractivity (Wildman–Crippen MR) is 70.6 cm³/mol. The summed E-state index contributed by atoms with van der Waals surface area (Å²) in [5, 5.41) is 11.0. The van der Waals surface area contributed by atoms with Gasteiger partial charge in [-0.1, -0.05) is 0 Å². The number of nitro benzene ring substituents is 1. The van der Waals surface area contributed by atoms with E-state index in [0.29, 0.717) is 0 Å². The van der Waals surface area contributed by atoms with Crippen LogP contribution in [0.25, 0.3) is 0 Å². The van der Waals surface area contributed by atoms with Crippen LogP contribution >= 0.6 is 0 Å². The topological polar surface area (TPSA) is 81.9 Å². The molecule has 114 valence electrons. The van der Waals surface area contributed by atoms with Gasteiger partial charge in [0.25, 0.3) is 11.6 Å². The van der Waals surface area contributed by atoms with Crippen molar-refractivity contribution in [2.75, 3.05) is 27.3 Å². The van der Waals surface area contributed by atoms with Crippen LogP contribution in [0.5, 0.6) is 0 Å². The van der Waals surface area contributed by atoms with Crippen LogP contribution < -0.4 is 0 Å². The van der Waals surface area contributed by atoms with Gasteiger partial charge in [-0.25, -0.2) is 4.39 Å². The summed E-state index contributed by atoms with van der Waals surface area (Å²) in [6.07, 6.45) is -0.627.